The first-order valence-electron chi connectivity index (χ1n) is 7.79. The molecule has 1 amide bonds. The van der Waals surface area contributed by atoms with Crippen molar-refractivity contribution in [2.75, 3.05) is 11.9 Å². The molecule has 0 atom stereocenters. The zero-order chi connectivity index (χ0) is 17.6. The second kappa shape index (κ2) is 7.77. The number of aryl methyl sites for hydroxylation is 1. The van der Waals surface area contributed by atoms with Crippen LogP contribution in [-0.2, 0) is 0 Å². The maximum Gasteiger partial charge on any atom is 0.265 e. The van der Waals surface area contributed by atoms with Gasteiger partial charge in [-0.3, -0.25) is 9.59 Å². The predicted octanol–water partition coefficient (Wildman–Crippen LogP) is 4.57. The maximum atomic E-state index is 12.1. The summed E-state index contributed by atoms with van der Waals surface area (Å²) in [6, 6.07) is 18.0. The largest absolute Gasteiger partial charge is 0.485 e. The lowest BCUT2D eigenvalue weighted by Gasteiger charge is -2.08. The molecule has 0 unspecified atom stereocenters. The Kier molecular flexibility index (Phi) is 5.26. The third-order valence-electron chi connectivity index (χ3n) is 3.60. The fourth-order valence-corrected chi connectivity index (χ4v) is 2.83. The molecule has 0 bridgehead atoms. The number of hydrogen-bond acceptors (Lipinski definition) is 4. The molecule has 1 heterocycles. The van der Waals surface area contributed by atoms with Crippen LogP contribution in [0.3, 0.4) is 0 Å². The Bertz CT molecular complexity index is 853. The highest BCUT2D eigenvalue weighted by molar-refractivity contribution is 7.12. The van der Waals surface area contributed by atoms with Crippen molar-refractivity contribution in [2.45, 2.75) is 6.92 Å². The van der Waals surface area contributed by atoms with Crippen LogP contribution in [0.15, 0.2) is 66.0 Å². The van der Waals surface area contributed by atoms with E-state index in [1.807, 2.05) is 30.5 Å². The minimum absolute atomic E-state index is 0.0238. The third kappa shape index (κ3) is 4.55. The molecule has 126 valence electrons. The van der Waals surface area contributed by atoms with Crippen molar-refractivity contribution in [1.82, 2.24) is 0 Å². The van der Waals surface area contributed by atoms with Crippen molar-refractivity contribution >= 4 is 28.7 Å². The molecule has 0 aliphatic carbocycles. The fourth-order valence-electron chi connectivity index (χ4n) is 2.21. The quantitative estimate of drug-likeness (QED) is 0.662. The molecule has 0 aliphatic heterocycles. The van der Waals surface area contributed by atoms with Crippen molar-refractivity contribution in [3.8, 4) is 5.75 Å². The third-order valence-corrected chi connectivity index (χ3v) is 4.47. The zero-order valence-corrected chi connectivity index (χ0v) is 14.5. The average Bonchev–Trinajstić information content (AvgIpc) is 3.16. The van der Waals surface area contributed by atoms with Crippen molar-refractivity contribution in [3.05, 3.63) is 82.0 Å². The number of thiophene rings is 1. The van der Waals surface area contributed by atoms with Gasteiger partial charge in [0.1, 0.15) is 5.75 Å². The number of amides is 1. The highest BCUT2D eigenvalue weighted by Crippen LogP contribution is 2.18. The van der Waals surface area contributed by atoms with Crippen LogP contribution in [0.2, 0.25) is 0 Å². The van der Waals surface area contributed by atoms with Gasteiger partial charge in [-0.05, 0) is 42.6 Å². The molecule has 0 spiro atoms. The average molecular weight is 351 g/mol. The van der Waals surface area contributed by atoms with Gasteiger partial charge in [0.15, 0.2) is 12.4 Å². The number of benzene rings is 2. The van der Waals surface area contributed by atoms with E-state index in [0.29, 0.717) is 21.9 Å². The topological polar surface area (TPSA) is 55.4 Å². The first kappa shape index (κ1) is 16.9. The van der Waals surface area contributed by atoms with Gasteiger partial charge >= 0.3 is 0 Å². The Balaban J connectivity index is 1.54. The van der Waals surface area contributed by atoms with Crippen LogP contribution in [0.1, 0.15) is 25.6 Å². The molecule has 3 rings (SSSR count). The van der Waals surface area contributed by atoms with Crippen LogP contribution in [0.4, 0.5) is 5.69 Å². The Morgan fingerprint density at radius 1 is 1.00 bits per heavy atom. The lowest BCUT2D eigenvalue weighted by molar-refractivity contribution is 0.0921. The Morgan fingerprint density at radius 2 is 1.72 bits per heavy atom. The van der Waals surface area contributed by atoms with E-state index in [1.54, 1.807) is 42.5 Å². The summed E-state index contributed by atoms with van der Waals surface area (Å²) in [4.78, 5) is 24.7. The van der Waals surface area contributed by atoms with Crippen molar-refractivity contribution < 1.29 is 14.3 Å². The Labute approximate surface area is 150 Å². The molecule has 0 fully saturated rings. The number of Topliss-reactive ketones (excluding diaryl/α,β-unsaturated/α-hetero) is 1. The van der Waals surface area contributed by atoms with Gasteiger partial charge in [0.2, 0.25) is 0 Å². The second-order valence-corrected chi connectivity index (χ2v) is 6.48. The number of ether oxygens (including phenoxy) is 1. The molecule has 1 N–H and O–H groups in total. The first-order chi connectivity index (χ1) is 12.1. The highest BCUT2D eigenvalue weighted by Gasteiger charge is 2.08. The summed E-state index contributed by atoms with van der Waals surface area (Å²) in [5.74, 6) is 0.364. The molecular formula is C20H17NO3S. The number of ketones is 1. The lowest BCUT2D eigenvalue weighted by atomic mass is 10.1. The number of anilines is 1. The number of hydrogen-bond donors (Lipinski definition) is 1. The maximum absolute atomic E-state index is 12.1. The fraction of sp³-hybridized carbons (Fsp3) is 0.100. The summed E-state index contributed by atoms with van der Waals surface area (Å²) < 4.78 is 5.52. The first-order valence-corrected chi connectivity index (χ1v) is 8.67. The minimum Gasteiger partial charge on any atom is -0.485 e. The predicted molar refractivity (Wildman–Crippen MR) is 99.7 cm³/mol. The van der Waals surface area contributed by atoms with Gasteiger partial charge < -0.3 is 10.1 Å². The zero-order valence-electron chi connectivity index (χ0n) is 13.7. The smallest absolute Gasteiger partial charge is 0.265 e. The molecule has 0 saturated heterocycles. The van der Waals surface area contributed by atoms with E-state index in [9.17, 15) is 9.59 Å². The second-order valence-electron chi connectivity index (χ2n) is 5.53. The van der Waals surface area contributed by atoms with Crippen LogP contribution in [0.25, 0.3) is 0 Å². The molecule has 3 aromatic rings. The van der Waals surface area contributed by atoms with E-state index in [2.05, 4.69) is 5.32 Å². The van der Waals surface area contributed by atoms with Crippen LogP contribution in [-0.4, -0.2) is 18.3 Å². The highest BCUT2D eigenvalue weighted by atomic mass is 32.1. The normalized spacial score (nSPS) is 10.3. The van der Waals surface area contributed by atoms with Crippen LogP contribution < -0.4 is 10.1 Å². The standard InChI is InChI=1S/C20H17NO3S/c1-14-4-6-15(7-5-14)18(22)13-24-17-10-8-16(9-11-17)21-20(23)19-3-2-12-25-19/h2-12H,13H2,1H3,(H,21,23). The summed E-state index contributed by atoms with van der Waals surface area (Å²) >= 11 is 1.39. The monoisotopic (exact) mass is 351 g/mol. The summed E-state index contributed by atoms with van der Waals surface area (Å²) in [6.07, 6.45) is 0. The molecule has 0 saturated carbocycles. The summed E-state index contributed by atoms with van der Waals surface area (Å²) in [5, 5.41) is 4.67. The van der Waals surface area contributed by atoms with E-state index in [1.165, 1.54) is 11.3 Å². The molecular weight excluding hydrogens is 334 g/mol. The Morgan fingerprint density at radius 3 is 2.36 bits per heavy atom. The van der Waals surface area contributed by atoms with E-state index in [4.69, 9.17) is 4.74 Å². The summed E-state index contributed by atoms with van der Waals surface area (Å²) in [5.41, 5.74) is 2.42. The number of carbonyl (C=O) groups is 2. The van der Waals surface area contributed by atoms with Gasteiger partial charge in [-0.2, -0.15) is 0 Å². The van der Waals surface area contributed by atoms with E-state index in [-0.39, 0.29) is 18.3 Å². The molecule has 1 aromatic heterocycles. The van der Waals surface area contributed by atoms with Crippen LogP contribution >= 0.6 is 11.3 Å². The van der Waals surface area contributed by atoms with Crippen molar-refractivity contribution in [2.24, 2.45) is 0 Å². The molecule has 5 heteroatoms. The molecule has 0 radical (unpaired) electrons. The van der Waals surface area contributed by atoms with Crippen molar-refractivity contribution in [1.29, 1.82) is 0 Å². The molecule has 4 nitrogen and oxygen atoms in total. The van der Waals surface area contributed by atoms with Gasteiger partial charge in [-0.25, -0.2) is 0 Å². The van der Waals surface area contributed by atoms with Gasteiger partial charge in [0.05, 0.1) is 4.88 Å². The number of carbonyl (C=O) groups excluding carboxylic acids is 2. The van der Waals surface area contributed by atoms with E-state index in [0.717, 1.165) is 5.56 Å². The van der Waals surface area contributed by atoms with E-state index >= 15 is 0 Å². The van der Waals surface area contributed by atoms with Gasteiger partial charge in [-0.1, -0.05) is 35.9 Å². The number of rotatable bonds is 6. The van der Waals surface area contributed by atoms with Gasteiger partial charge in [-0.15, -0.1) is 11.3 Å². The molecule has 0 aliphatic rings. The SMILES string of the molecule is Cc1ccc(C(=O)COc2ccc(NC(=O)c3cccs3)cc2)cc1. The van der Waals surface area contributed by atoms with E-state index < -0.39 is 0 Å². The van der Waals surface area contributed by atoms with Gasteiger partial charge in [0.25, 0.3) is 5.91 Å². The number of nitrogens with one attached hydrogen (secondary N) is 1. The summed E-state index contributed by atoms with van der Waals surface area (Å²) in [6.45, 7) is 1.95. The van der Waals surface area contributed by atoms with Crippen molar-refractivity contribution in [3.63, 3.8) is 0 Å². The minimum atomic E-state index is -0.141. The summed E-state index contributed by atoms with van der Waals surface area (Å²) in [7, 11) is 0. The molecule has 2 aromatic carbocycles. The lowest BCUT2D eigenvalue weighted by Crippen LogP contribution is -2.12. The molecule has 25 heavy (non-hydrogen) atoms. The van der Waals surface area contributed by atoms with Gasteiger partial charge in [0, 0.05) is 11.3 Å². The Hall–Kier alpha value is -2.92. The van der Waals surface area contributed by atoms with Crippen LogP contribution in [0.5, 0.6) is 5.75 Å². The van der Waals surface area contributed by atoms with Crippen LogP contribution in [0, 0.1) is 6.92 Å².